The van der Waals surface area contributed by atoms with Gasteiger partial charge < -0.3 is 14.8 Å². The zero-order valence-corrected chi connectivity index (χ0v) is 10.2. The van der Waals surface area contributed by atoms with Crippen LogP contribution in [0.4, 0.5) is 0 Å². The SMILES string of the molecule is CCN(C)CC(C)NCc1cncn1C. The van der Waals surface area contributed by atoms with Crippen molar-refractivity contribution in [3.63, 3.8) is 0 Å². The highest BCUT2D eigenvalue weighted by Gasteiger charge is 2.05. The molecule has 0 aliphatic heterocycles. The van der Waals surface area contributed by atoms with Crippen molar-refractivity contribution in [2.24, 2.45) is 7.05 Å². The minimum atomic E-state index is 0.504. The van der Waals surface area contributed by atoms with Crippen molar-refractivity contribution >= 4 is 0 Å². The van der Waals surface area contributed by atoms with E-state index in [1.807, 2.05) is 24.1 Å². The maximum absolute atomic E-state index is 4.09. The average molecular weight is 210 g/mol. The predicted octanol–water partition coefficient (Wildman–Crippen LogP) is 0.850. The summed E-state index contributed by atoms with van der Waals surface area (Å²) in [4.78, 5) is 6.40. The van der Waals surface area contributed by atoms with Crippen molar-refractivity contribution in [2.75, 3.05) is 20.1 Å². The summed E-state index contributed by atoms with van der Waals surface area (Å²) in [5.41, 5.74) is 1.22. The molecule has 0 spiro atoms. The highest BCUT2D eigenvalue weighted by Crippen LogP contribution is 1.96. The molecular weight excluding hydrogens is 188 g/mol. The molecule has 1 unspecified atom stereocenters. The van der Waals surface area contributed by atoms with Crippen LogP contribution in [0, 0.1) is 0 Å². The van der Waals surface area contributed by atoms with E-state index in [4.69, 9.17) is 0 Å². The molecule has 1 heterocycles. The van der Waals surface area contributed by atoms with E-state index in [1.165, 1.54) is 5.69 Å². The highest BCUT2D eigenvalue weighted by molar-refractivity contribution is 4.97. The third kappa shape index (κ3) is 4.01. The van der Waals surface area contributed by atoms with Crippen LogP contribution in [0.3, 0.4) is 0 Å². The maximum Gasteiger partial charge on any atom is 0.0945 e. The molecule has 0 saturated heterocycles. The van der Waals surface area contributed by atoms with E-state index >= 15 is 0 Å². The molecule has 1 rings (SSSR count). The summed E-state index contributed by atoms with van der Waals surface area (Å²) in [5, 5.41) is 3.49. The van der Waals surface area contributed by atoms with Crippen LogP contribution in [0.5, 0.6) is 0 Å². The first-order valence-electron chi connectivity index (χ1n) is 5.50. The van der Waals surface area contributed by atoms with Crippen molar-refractivity contribution in [3.05, 3.63) is 18.2 Å². The van der Waals surface area contributed by atoms with Crippen molar-refractivity contribution in [2.45, 2.75) is 26.4 Å². The van der Waals surface area contributed by atoms with Crippen LogP contribution >= 0.6 is 0 Å². The summed E-state index contributed by atoms with van der Waals surface area (Å²) in [5.74, 6) is 0. The second-order valence-corrected chi connectivity index (χ2v) is 4.13. The molecule has 0 aliphatic carbocycles. The number of nitrogens with zero attached hydrogens (tertiary/aromatic N) is 3. The van der Waals surface area contributed by atoms with Gasteiger partial charge in [0.2, 0.25) is 0 Å². The summed E-state index contributed by atoms with van der Waals surface area (Å²) in [6.45, 7) is 7.44. The molecule has 1 aromatic heterocycles. The van der Waals surface area contributed by atoms with Crippen molar-refractivity contribution < 1.29 is 0 Å². The third-order valence-corrected chi connectivity index (χ3v) is 2.67. The van der Waals surface area contributed by atoms with E-state index in [9.17, 15) is 0 Å². The van der Waals surface area contributed by atoms with Gasteiger partial charge in [-0.25, -0.2) is 4.98 Å². The van der Waals surface area contributed by atoms with E-state index in [0.717, 1.165) is 19.6 Å². The van der Waals surface area contributed by atoms with Gasteiger partial charge in [0, 0.05) is 32.4 Å². The Kier molecular flexibility index (Phi) is 4.78. The summed E-state index contributed by atoms with van der Waals surface area (Å²) >= 11 is 0. The van der Waals surface area contributed by atoms with Crippen LogP contribution in [0.1, 0.15) is 19.5 Å². The molecular formula is C11H22N4. The van der Waals surface area contributed by atoms with Crippen molar-refractivity contribution in [1.29, 1.82) is 0 Å². The summed E-state index contributed by atoms with van der Waals surface area (Å²) in [6.07, 6.45) is 3.74. The zero-order chi connectivity index (χ0) is 11.3. The molecule has 0 saturated carbocycles. The minimum absolute atomic E-state index is 0.504. The van der Waals surface area contributed by atoms with Gasteiger partial charge >= 0.3 is 0 Å². The normalized spacial score (nSPS) is 13.4. The fourth-order valence-corrected chi connectivity index (χ4v) is 1.49. The van der Waals surface area contributed by atoms with Crippen LogP contribution in [0.15, 0.2) is 12.5 Å². The first kappa shape index (κ1) is 12.2. The molecule has 4 nitrogen and oxygen atoms in total. The fourth-order valence-electron chi connectivity index (χ4n) is 1.49. The number of aromatic nitrogens is 2. The molecule has 0 aromatic carbocycles. The van der Waals surface area contributed by atoms with Gasteiger partial charge in [0.15, 0.2) is 0 Å². The first-order valence-corrected chi connectivity index (χ1v) is 5.50. The molecule has 0 aliphatic rings. The predicted molar refractivity (Wildman–Crippen MR) is 62.7 cm³/mol. The summed E-state index contributed by atoms with van der Waals surface area (Å²) in [7, 11) is 4.16. The van der Waals surface area contributed by atoms with E-state index in [1.54, 1.807) is 0 Å². The zero-order valence-electron chi connectivity index (χ0n) is 10.2. The van der Waals surface area contributed by atoms with Gasteiger partial charge in [-0.05, 0) is 20.5 Å². The Morgan fingerprint density at radius 1 is 1.60 bits per heavy atom. The smallest absolute Gasteiger partial charge is 0.0945 e. The minimum Gasteiger partial charge on any atom is -0.337 e. The van der Waals surface area contributed by atoms with E-state index in [2.05, 4.69) is 36.1 Å². The third-order valence-electron chi connectivity index (χ3n) is 2.67. The lowest BCUT2D eigenvalue weighted by atomic mass is 10.3. The number of imidazole rings is 1. The standard InChI is InChI=1S/C11H22N4/c1-5-14(3)8-10(2)13-7-11-6-12-9-15(11)4/h6,9-10,13H,5,7-8H2,1-4H3. The van der Waals surface area contributed by atoms with Gasteiger partial charge in [-0.1, -0.05) is 6.92 Å². The van der Waals surface area contributed by atoms with Gasteiger partial charge in [0.25, 0.3) is 0 Å². The van der Waals surface area contributed by atoms with Gasteiger partial charge in [-0.3, -0.25) is 0 Å². The molecule has 1 atom stereocenters. The molecule has 1 N–H and O–H groups in total. The van der Waals surface area contributed by atoms with Crippen LogP contribution in [-0.4, -0.2) is 40.6 Å². The molecule has 0 bridgehead atoms. The van der Waals surface area contributed by atoms with Crippen LogP contribution in [-0.2, 0) is 13.6 Å². The van der Waals surface area contributed by atoms with E-state index in [-0.39, 0.29) is 0 Å². The van der Waals surface area contributed by atoms with Crippen LogP contribution < -0.4 is 5.32 Å². The monoisotopic (exact) mass is 210 g/mol. The fraction of sp³-hybridized carbons (Fsp3) is 0.727. The molecule has 4 heteroatoms. The largest absolute Gasteiger partial charge is 0.337 e. The quantitative estimate of drug-likeness (QED) is 0.755. The number of likely N-dealkylation sites (N-methyl/N-ethyl adjacent to an activating group) is 1. The van der Waals surface area contributed by atoms with Crippen molar-refractivity contribution in [3.8, 4) is 0 Å². The van der Waals surface area contributed by atoms with Crippen molar-refractivity contribution in [1.82, 2.24) is 19.8 Å². The number of nitrogens with one attached hydrogen (secondary N) is 1. The Hall–Kier alpha value is -0.870. The molecule has 86 valence electrons. The summed E-state index contributed by atoms with van der Waals surface area (Å²) in [6, 6.07) is 0.504. The number of aryl methyl sites for hydroxylation is 1. The Morgan fingerprint density at radius 2 is 2.33 bits per heavy atom. The lowest BCUT2D eigenvalue weighted by Crippen LogP contribution is -2.37. The maximum atomic E-state index is 4.09. The van der Waals surface area contributed by atoms with E-state index < -0.39 is 0 Å². The molecule has 0 amide bonds. The molecule has 0 fully saturated rings. The van der Waals surface area contributed by atoms with Gasteiger partial charge in [-0.15, -0.1) is 0 Å². The lowest BCUT2D eigenvalue weighted by molar-refractivity contribution is 0.308. The highest BCUT2D eigenvalue weighted by atomic mass is 15.1. The van der Waals surface area contributed by atoms with E-state index in [0.29, 0.717) is 6.04 Å². The number of rotatable bonds is 6. The second-order valence-electron chi connectivity index (χ2n) is 4.13. The van der Waals surface area contributed by atoms with Gasteiger partial charge in [0.1, 0.15) is 0 Å². The lowest BCUT2D eigenvalue weighted by Gasteiger charge is -2.20. The average Bonchev–Trinajstić information content (AvgIpc) is 2.61. The van der Waals surface area contributed by atoms with Crippen LogP contribution in [0.25, 0.3) is 0 Å². The van der Waals surface area contributed by atoms with Gasteiger partial charge in [-0.2, -0.15) is 0 Å². The molecule has 0 radical (unpaired) electrons. The summed E-state index contributed by atoms with van der Waals surface area (Å²) < 4.78 is 2.04. The first-order chi connectivity index (χ1) is 7.13. The Bertz CT molecular complexity index is 282. The second kappa shape index (κ2) is 5.88. The molecule has 1 aromatic rings. The Balaban J connectivity index is 2.28. The van der Waals surface area contributed by atoms with Gasteiger partial charge in [0.05, 0.1) is 12.0 Å². The number of hydrogen-bond donors (Lipinski definition) is 1. The number of hydrogen-bond acceptors (Lipinski definition) is 3. The Labute approximate surface area is 92.3 Å². The topological polar surface area (TPSA) is 33.1 Å². The van der Waals surface area contributed by atoms with Crippen LogP contribution in [0.2, 0.25) is 0 Å². The Morgan fingerprint density at radius 3 is 2.87 bits per heavy atom. The molecule has 15 heavy (non-hydrogen) atoms.